The average Bonchev–Trinajstić information content (AvgIpc) is 2.38. The summed E-state index contributed by atoms with van der Waals surface area (Å²) < 4.78 is 13.1. The Morgan fingerprint density at radius 1 is 1.15 bits per heavy atom. The van der Waals surface area contributed by atoms with E-state index in [-0.39, 0.29) is 5.82 Å². The van der Waals surface area contributed by atoms with E-state index >= 15 is 0 Å². The minimum atomic E-state index is -0.158. The van der Waals surface area contributed by atoms with Crippen LogP contribution in [0.25, 0.3) is 0 Å². The van der Waals surface area contributed by atoms with Crippen molar-refractivity contribution in [2.45, 2.75) is 65.5 Å². The molecular weight excluding hydrogens is 249 g/mol. The molecule has 1 aliphatic carbocycles. The van der Waals surface area contributed by atoms with Crippen LogP contribution in [0.1, 0.15) is 65.0 Å². The molecule has 1 N–H and O–H groups in total. The number of nitrogens with one attached hydrogen (secondary N) is 1. The van der Waals surface area contributed by atoms with E-state index in [1.54, 1.807) is 12.1 Å². The van der Waals surface area contributed by atoms with Crippen molar-refractivity contribution in [1.82, 2.24) is 5.32 Å². The smallest absolute Gasteiger partial charge is 0.123 e. The first kappa shape index (κ1) is 15.5. The second-order valence-corrected chi connectivity index (χ2v) is 7.23. The molecule has 2 unspecified atom stereocenters. The van der Waals surface area contributed by atoms with Crippen LogP contribution in [-0.2, 0) is 0 Å². The van der Waals surface area contributed by atoms with Gasteiger partial charge >= 0.3 is 0 Å². The van der Waals surface area contributed by atoms with Crippen molar-refractivity contribution in [1.29, 1.82) is 0 Å². The molecule has 2 atom stereocenters. The molecule has 0 aromatic heterocycles. The quantitative estimate of drug-likeness (QED) is 0.809. The summed E-state index contributed by atoms with van der Waals surface area (Å²) in [5.41, 5.74) is 1.55. The summed E-state index contributed by atoms with van der Waals surface area (Å²) in [6, 6.07) is 7.83. The van der Waals surface area contributed by atoms with Gasteiger partial charge in [-0.3, -0.25) is 0 Å². The van der Waals surface area contributed by atoms with Gasteiger partial charge in [-0.2, -0.15) is 0 Å². The van der Waals surface area contributed by atoms with Crippen LogP contribution in [0, 0.1) is 17.2 Å². The first-order valence-electron chi connectivity index (χ1n) is 7.91. The minimum Gasteiger partial charge on any atom is -0.306 e. The maximum Gasteiger partial charge on any atom is 0.123 e. The van der Waals surface area contributed by atoms with Crippen molar-refractivity contribution >= 4 is 0 Å². The molecule has 2 rings (SSSR count). The highest BCUT2D eigenvalue weighted by molar-refractivity contribution is 5.21. The lowest BCUT2D eigenvalue weighted by Crippen LogP contribution is -2.46. The van der Waals surface area contributed by atoms with Crippen molar-refractivity contribution in [3.63, 3.8) is 0 Å². The Bertz CT molecular complexity index is 422. The summed E-state index contributed by atoms with van der Waals surface area (Å²) in [5, 5.41) is 3.86. The van der Waals surface area contributed by atoms with Crippen molar-refractivity contribution in [3.8, 4) is 0 Å². The van der Waals surface area contributed by atoms with Crippen LogP contribution in [0.4, 0.5) is 4.39 Å². The van der Waals surface area contributed by atoms with Crippen LogP contribution < -0.4 is 5.32 Å². The second-order valence-electron chi connectivity index (χ2n) is 7.23. The van der Waals surface area contributed by atoms with E-state index in [2.05, 4.69) is 33.0 Å². The van der Waals surface area contributed by atoms with Crippen LogP contribution in [0.5, 0.6) is 0 Å². The maximum atomic E-state index is 13.1. The summed E-state index contributed by atoms with van der Waals surface area (Å²) in [4.78, 5) is 0. The Balaban J connectivity index is 2.15. The summed E-state index contributed by atoms with van der Waals surface area (Å²) in [5.74, 6) is 0.340. The fraction of sp³-hybridized carbons (Fsp3) is 0.667. The van der Waals surface area contributed by atoms with E-state index in [9.17, 15) is 4.39 Å². The highest BCUT2D eigenvalue weighted by atomic mass is 19.1. The Hall–Kier alpha value is -0.890. The maximum absolute atomic E-state index is 13.1. The van der Waals surface area contributed by atoms with Gasteiger partial charge in [0.05, 0.1) is 0 Å². The van der Waals surface area contributed by atoms with Gasteiger partial charge in [0.15, 0.2) is 0 Å². The lowest BCUT2D eigenvalue weighted by Gasteiger charge is -2.42. The topological polar surface area (TPSA) is 12.0 Å². The van der Waals surface area contributed by atoms with E-state index in [1.807, 2.05) is 12.1 Å². The second kappa shape index (κ2) is 6.26. The summed E-state index contributed by atoms with van der Waals surface area (Å²) in [6.45, 7) is 9.20. The van der Waals surface area contributed by atoms with Crippen LogP contribution in [0.2, 0.25) is 0 Å². The molecule has 1 aliphatic rings. The van der Waals surface area contributed by atoms with Crippen LogP contribution >= 0.6 is 0 Å². The van der Waals surface area contributed by atoms with Crippen molar-refractivity contribution in [2.24, 2.45) is 11.3 Å². The highest BCUT2D eigenvalue weighted by Gasteiger charge is 2.34. The summed E-state index contributed by atoms with van der Waals surface area (Å²) in [6.07, 6.45) is 5.19. The zero-order chi connectivity index (χ0) is 14.8. The van der Waals surface area contributed by atoms with Gasteiger partial charge in [0.2, 0.25) is 0 Å². The van der Waals surface area contributed by atoms with Crippen LogP contribution in [-0.4, -0.2) is 6.04 Å². The number of halogens is 1. The number of hydrogen-bond acceptors (Lipinski definition) is 1. The number of hydrogen-bond donors (Lipinski definition) is 1. The molecule has 1 aromatic carbocycles. The fourth-order valence-corrected chi connectivity index (χ4v) is 3.36. The van der Waals surface area contributed by atoms with Gasteiger partial charge < -0.3 is 5.32 Å². The molecule has 0 aliphatic heterocycles. The molecule has 1 nitrogen and oxygen atoms in total. The Kier molecular flexibility index (Phi) is 4.85. The van der Waals surface area contributed by atoms with Crippen molar-refractivity contribution in [3.05, 3.63) is 35.6 Å². The molecule has 20 heavy (non-hydrogen) atoms. The molecule has 0 heterocycles. The standard InChI is InChI=1S/C18H28FN/c1-13(2)17(14-8-10-15(19)11-9-14)20-16-7-5-6-12-18(16,3)4/h8-11,13,16-17,20H,5-7,12H2,1-4H3. The lowest BCUT2D eigenvalue weighted by molar-refractivity contribution is 0.146. The monoisotopic (exact) mass is 277 g/mol. The van der Waals surface area contributed by atoms with Gasteiger partial charge in [0.25, 0.3) is 0 Å². The lowest BCUT2D eigenvalue weighted by atomic mass is 9.72. The molecule has 1 fully saturated rings. The van der Waals surface area contributed by atoms with Gasteiger partial charge in [0.1, 0.15) is 5.82 Å². The highest BCUT2D eigenvalue weighted by Crippen LogP contribution is 2.37. The molecule has 1 saturated carbocycles. The molecule has 0 bridgehead atoms. The molecule has 0 radical (unpaired) electrons. The zero-order valence-electron chi connectivity index (χ0n) is 13.2. The van der Waals surface area contributed by atoms with Gasteiger partial charge in [-0.15, -0.1) is 0 Å². The first-order valence-corrected chi connectivity index (χ1v) is 7.91. The van der Waals surface area contributed by atoms with Crippen LogP contribution in [0.3, 0.4) is 0 Å². The molecule has 1 aromatic rings. The molecule has 0 amide bonds. The summed E-state index contributed by atoms with van der Waals surface area (Å²) >= 11 is 0. The molecule has 0 saturated heterocycles. The van der Waals surface area contributed by atoms with E-state index < -0.39 is 0 Å². The van der Waals surface area contributed by atoms with Crippen molar-refractivity contribution < 1.29 is 4.39 Å². The molecule has 112 valence electrons. The van der Waals surface area contributed by atoms with E-state index in [0.717, 1.165) is 0 Å². The Morgan fingerprint density at radius 3 is 2.35 bits per heavy atom. The zero-order valence-corrected chi connectivity index (χ0v) is 13.2. The SMILES string of the molecule is CC(C)C(NC1CCCCC1(C)C)c1ccc(F)cc1. The third-order valence-corrected chi connectivity index (χ3v) is 4.78. The molecular formula is C18H28FN. The van der Waals surface area contributed by atoms with E-state index in [0.29, 0.717) is 23.4 Å². The van der Waals surface area contributed by atoms with Gasteiger partial charge in [-0.05, 0) is 41.9 Å². The Labute approximate surface area is 123 Å². The third kappa shape index (κ3) is 3.60. The number of benzene rings is 1. The van der Waals surface area contributed by atoms with Crippen LogP contribution in [0.15, 0.2) is 24.3 Å². The van der Waals surface area contributed by atoms with Crippen molar-refractivity contribution in [2.75, 3.05) is 0 Å². The normalized spacial score (nSPS) is 23.8. The molecule has 0 spiro atoms. The first-order chi connectivity index (χ1) is 9.40. The fourth-order valence-electron chi connectivity index (χ4n) is 3.36. The average molecular weight is 277 g/mol. The van der Waals surface area contributed by atoms with Gasteiger partial charge in [-0.25, -0.2) is 4.39 Å². The largest absolute Gasteiger partial charge is 0.306 e. The third-order valence-electron chi connectivity index (χ3n) is 4.78. The van der Waals surface area contributed by atoms with E-state index in [1.165, 1.54) is 31.2 Å². The Morgan fingerprint density at radius 2 is 1.80 bits per heavy atom. The number of rotatable bonds is 4. The van der Waals surface area contributed by atoms with Gasteiger partial charge in [-0.1, -0.05) is 52.7 Å². The molecule has 2 heteroatoms. The van der Waals surface area contributed by atoms with Gasteiger partial charge in [0, 0.05) is 12.1 Å². The summed E-state index contributed by atoms with van der Waals surface area (Å²) in [7, 11) is 0. The predicted octanol–water partition coefficient (Wildman–Crippen LogP) is 5.08. The predicted molar refractivity (Wildman–Crippen MR) is 83.2 cm³/mol. The van der Waals surface area contributed by atoms with E-state index in [4.69, 9.17) is 0 Å². The minimum absolute atomic E-state index is 0.158.